The van der Waals surface area contributed by atoms with E-state index in [0.717, 1.165) is 25.7 Å². The SMILES string of the molecule is Cc1noc(C)c1S(=O)(=O)N1CCO[C@H]2CCCC[C@H]21. The zero-order valence-corrected chi connectivity index (χ0v) is 12.6. The number of hydrogen-bond acceptors (Lipinski definition) is 5. The van der Waals surface area contributed by atoms with Crippen LogP contribution >= 0.6 is 0 Å². The molecule has 1 aromatic heterocycles. The molecule has 0 N–H and O–H groups in total. The molecule has 20 heavy (non-hydrogen) atoms. The molecule has 0 radical (unpaired) electrons. The number of aromatic nitrogens is 1. The molecule has 0 unspecified atom stereocenters. The molecule has 1 saturated carbocycles. The number of sulfonamides is 1. The van der Waals surface area contributed by atoms with Gasteiger partial charge < -0.3 is 9.26 Å². The van der Waals surface area contributed by atoms with Crippen molar-refractivity contribution >= 4 is 10.0 Å². The molecule has 1 aliphatic heterocycles. The van der Waals surface area contributed by atoms with Crippen molar-refractivity contribution in [1.82, 2.24) is 9.46 Å². The highest BCUT2D eigenvalue weighted by Crippen LogP contribution is 2.33. The normalized spacial score (nSPS) is 28.3. The molecule has 1 aromatic rings. The van der Waals surface area contributed by atoms with Crippen LogP contribution in [0.15, 0.2) is 9.42 Å². The van der Waals surface area contributed by atoms with Crippen molar-refractivity contribution in [2.24, 2.45) is 0 Å². The van der Waals surface area contributed by atoms with E-state index in [4.69, 9.17) is 9.26 Å². The predicted octanol–water partition coefficient (Wildman–Crippen LogP) is 1.62. The molecule has 7 heteroatoms. The van der Waals surface area contributed by atoms with E-state index in [9.17, 15) is 8.42 Å². The van der Waals surface area contributed by atoms with E-state index in [1.807, 2.05) is 0 Å². The number of aryl methyl sites for hydroxylation is 2. The molecule has 2 aliphatic rings. The number of fused-ring (bicyclic) bond motifs is 1. The summed E-state index contributed by atoms with van der Waals surface area (Å²) >= 11 is 0. The minimum atomic E-state index is -3.55. The molecule has 0 bridgehead atoms. The van der Waals surface area contributed by atoms with Crippen LogP contribution in [0.4, 0.5) is 0 Å². The van der Waals surface area contributed by atoms with E-state index in [0.29, 0.717) is 24.6 Å². The second-order valence-electron chi connectivity index (χ2n) is 5.53. The topological polar surface area (TPSA) is 72.6 Å². The molecule has 1 aliphatic carbocycles. The van der Waals surface area contributed by atoms with E-state index in [2.05, 4.69) is 5.16 Å². The molecule has 2 fully saturated rings. The van der Waals surface area contributed by atoms with Crippen molar-refractivity contribution in [3.8, 4) is 0 Å². The minimum Gasteiger partial charge on any atom is -0.375 e. The standard InChI is InChI=1S/C13H20N2O4S/c1-9-13(10(2)19-14-9)20(16,17)15-7-8-18-12-6-4-3-5-11(12)15/h11-12H,3-8H2,1-2H3/t11-,12+/m1/s1. The molecule has 2 heterocycles. The van der Waals surface area contributed by atoms with E-state index >= 15 is 0 Å². The van der Waals surface area contributed by atoms with Gasteiger partial charge in [-0.2, -0.15) is 4.31 Å². The Labute approximate surface area is 119 Å². The number of morpholine rings is 1. The minimum absolute atomic E-state index is 0.0350. The summed E-state index contributed by atoms with van der Waals surface area (Å²) in [4.78, 5) is 0.226. The summed E-state index contributed by atoms with van der Waals surface area (Å²) in [6, 6.07) is -0.0452. The number of hydrogen-bond donors (Lipinski definition) is 0. The number of ether oxygens (including phenoxy) is 1. The van der Waals surface area contributed by atoms with Crippen molar-refractivity contribution in [3.05, 3.63) is 11.5 Å². The zero-order valence-electron chi connectivity index (χ0n) is 11.8. The van der Waals surface area contributed by atoms with Gasteiger partial charge in [0.05, 0.1) is 18.8 Å². The molecular weight excluding hydrogens is 280 g/mol. The average Bonchev–Trinajstić information content (AvgIpc) is 2.78. The first-order valence-corrected chi connectivity index (χ1v) is 8.52. The largest absolute Gasteiger partial charge is 0.375 e. The number of rotatable bonds is 2. The van der Waals surface area contributed by atoms with Crippen LogP contribution in [0.5, 0.6) is 0 Å². The van der Waals surface area contributed by atoms with Crippen molar-refractivity contribution in [2.75, 3.05) is 13.2 Å². The highest BCUT2D eigenvalue weighted by molar-refractivity contribution is 7.89. The molecule has 1 saturated heterocycles. The van der Waals surface area contributed by atoms with Gasteiger partial charge in [-0.3, -0.25) is 0 Å². The van der Waals surface area contributed by atoms with Crippen LogP contribution in [0, 0.1) is 13.8 Å². The maximum absolute atomic E-state index is 12.9. The summed E-state index contributed by atoms with van der Waals surface area (Å²) in [5.74, 6) is 0.362. The van der Waals surface area contributed by atoms with Crippen molar-refractivity contribution in [1.29, 1.82) is 0 Å². The third-order valence-corrected chi connectivity index (χ3v) is 6.39. The van der Waals surface area contributed by atoms with Crippen LogP contribution in [0.1, 0.15) is 37.1 Å². The van der Waals surface area contributed by atoms with Gasteiger partial charge in [0.1, 0.15) is 10.6 Å². The maximum atomic E-state index is 12.9. The van der Waals surface area contributed by atoms with Crippen molar-refractivity contribution in [3.63, 3.8) is 0 Å². The summed E-state index contributed by atoms with van der Waals surface area (Å²) in [5, 5.41) is 3.77. The van der Waals surface area contributed by atoms with Crippen molar-refractivity contribution in [2.45, 2.75) is 56.6 Å². The second-order valence-corrected chi connectivity index (χ2v) is 7.36. The van der Waals surface area contributed by atoms with E-state index in [1.54, 1.807) is 18.2 Å². The Morgan fingerprint density at radius 3 is 2.70 bits per heavy atom. The van der Waals surface area contributed by atoms with Gasteiger partial charge in [-0.05, 0) is 26.7 Å². The summed E-state index contributed by atoms with van der Waals surface area (Å²) in [6.45, 7) is 4.19. The van der Waals surface area contributed by atoms with Crippen LogP contribution in [-0.4, -0.2) is 43.2 Å². The Balaban J connectivity index is 1.98. The van der Waals surface area contributed by atoms with Gasteiger partial charge in [-0.1, -0.05) is 18.0 Å². The quantitative estimate of drug-likeness (QED) is 0.830. The number of nitrogens with zero attached hydrogens (tertiary/aromatic N) is 2. The predicted molar refractivity (Wildman–Crippen MR) is 71.9 cm³/mol. The molecule has 0 spiro atoms. The summed E-state index contributed by atoms with van der Waals surface area (Å²) in [6.07, 6.45) is 4.01. The average molecular weight is 300 g/mol. The highest BCUT2D eigenvalue weighted by Gasteiger charge is 2.42. The van der Waals surface area contributed by atoms with Gasteiger partial charge in [0.15, 0.2) is 5.76 Å². The molecule has 0 aromatic carbocycles. The Kier molecular flexibility index (Phi) is 3.60. The van der Waals surface area contributed by atoms with Crippen LogP contribution in [0.3, 0.4) is 0 Å². The zero-order chi connectivity index (χ0) is 14.3. The Bertz CT molecular complexity index is 574. The lowest BCUT2D eigenvalue weighted by molar-refractivity contribution is -0.0586. The van der Waals surface area contributed by atoms with Gasteiger partial charge in [0.2, 0.25) is 10.0 Å². The third-order valence-electron chi connectivity index (χ3n) is 4.22. The first-order chi connectivity index (χ1) is 9.51. The van der Waals surface area contributed by atoms with Crippen LogP contribution in [-0.2, 0) is 14.8 Å². The fourth-order valence-corrected chi connectivity index (χ4v) is 5.28. The van der Waals surface area contributed by atoms with Crippen LogP contribution < -0.4 is 0 Å². The summed E-state index contributed by atoms with van der Waals surface area (Å²) in [5.41, 5.74) is 0.432. The lowest BCUT2D eigenvalue weighted by Crippen LogP contribution is -2.54. The first-order valence-electron chi connectivity index (χ1n) is 7.08. The molecule has 112 valence electrons. The second kappa shape index (κ2) is 5.13. The fourth-order valence-electron chi connectivity index (χ4n) is 3.32. The van der Waals surface area contributed by atoms with Gasteiger partial charge >= 0.3 is 0 Å². The van der Waals surface area contributed by atoms with E-state index in [-0.39, 0.29) is 17.0 Å². The van der Waals surface area contributed by atoms with Gasteiger partial charge in [-0.15, -0.1) is 0 Å². The molecule has 6 nitrogen and oxygen atoms in total. The molecule has 3 rings (SSSR count). The van der Waals surface area contributed by atoms with Crippen LogP contribution in [0.2, 0.25) is 0 Å². The summed E-state index contributed by atoms with van der Waals surface area (Å²) < 4.78 is 38.2. The van der Waals surface area contributed by atoms with Gasteiger partial charge in [-0.25, -0.2) is 8.42 Å². The van der Waals surface area contributed by atoms with E-state index < -0.39 is 10.0 Å². The van der Waals surface area contributed by atoms with Crippen LogP contribution in [0.25, 0.3) is 0 Å². The maximum Gasteiger partial charge on any atom is 0.248 e. The fraction of sp³-hybridized carbons (Fsp3) is 0.769. The Morgan fingerprint density at radius 2 is 2.00 bits per heavy atom. The Hall–Kier alpha value is -0.920. The van der Waals surface area contributed by atoms with Gasteiger partial charge in [0.25, 0.3) is 0 Å². The third kappa shape index (κ3) is 2.17. The molecule has 0 amide bonds. The monoisotopic (exact) mass is 300 g/mol. The first kappa shape index (κ1) is 14.0. The molecular formula is C13H20N2O4S. The Morgan fingerprint density at radius 1 is 1.25 bits per heavy atom. The van der Waals surface area contributed by atoms with Gasteiger partial charge in [0, 0.05) is 6.54 Å². The molecule has 2 atom stereocenters. The smallest absolute Gasteiger partial charge is 0.248 e. The highest BCUT2D eigenvalue weighted by atomic mass is 32.2. The lowest BCUT2D eigenvalue weighted by atomic mass is 9.91. The van der Waals surface area contributed by atoms with E-state index in [1.165, 1.54) is 0 Å². The lowest BCUT2D eigenvalue weighted by Gasteiger charge is -2.42. The summed E-state index contributed by atoms with van der Waals surface area (Å²) in [7, 11) is -3.55. The van der Waals surface area contributed by atoms with Crippen molar-refractivity contribution < 1.29 is 17.7 Å².